The molecule has 2 rings (SSSR count). The number of nitrogens with zero attached hydrogens (tertiary/aromatic N) is 1. The number of benzene rings is 1. The summed E-state index contributed by atoms with van der Waals surface area (Å²) in [6, 6.07) is 8.52. The third kappa shape index (κ3) is 5.02. The lowest BCUT2D eigenvalue weighted by Crippen LogP contribution is -2.42. The van der Waals surface area contributed by atoms with E-state index in [-0.39, 0.29) is 17.9 Å². The maximum atomic E-state index is 12.0. The number of amides is 1. The first-order chi connectivity index (χ1) is 10.6. The highest BCUT2D eigenvalue weighted by Crippen LogP contribution is 2.21. The minimum atomic E-state index is 0.174. The molecule has 122 valence electrons. The van der Waals surface area contributed by atoms with Crippen LogP contribution in [0, 0.1) is 5.92 Å². The van der Waals surface area contributed by atoms with Crippen LogP contribution in [0.15, 0.2) is 24.3 Å². The summed E-state index contributed by atoms with van der Waals surface area (Å²) in [6.07, 6.45) is 1.90. The van der Waals surface area contributed by atoms with E-state index in [1.807, 2.05) is 32.9 Å². The molecule has 0 spiro atoms. The van der Waals surface area contributed by atoms with Crippen LogP contribution in [-0.4, -0.2) is 36.5 Å². The third-order valence-electron chi connectivity index (χ3n) is 4.00. The Morgan fingerprint density at radius 3 is 2.73 bits per heavy atom. The van der Waals surface area contributed by atoms with Gasteiger partial charge in [-0.25, -0.2) is 0 Å². The molecule has 1 aliphatic heterocycles. The molecule has 1 N–H and O–H groups in total. The summed E-state index contributed by atoms with van der Waals surface area (Å²) in [6.45, 7) is 9.61. The highest BCUT2D eigenvalue weighted by Gasteiger charge is 2.25. The first-order valence-corrected chi connectivity index (χ1v) is 8.33. The van der Waals surface area contributed by atoms with Crippen molar-refractivity contribution < 1.29 is 9.53 Å². The van der Waals surface area contributed by atoms with Gasteiger partial charge in [0.05, 0.1) is 6.61 Å². The van der Waals surface area contributed by atoms with Crippen molar-refractivity contribution in [3.8, 4) is 5.75 Å². The number of piperidine rings is 1. The molecule has 1 aromatic rings. The van der Waals surface area contributed by atoms with Gasteiger partial charge in [0.25, 0.3) is 0 Å². The predicted molar refractivity (Wildman–Crippen MR) is 88.9 cm³/mol. The van der Waals surface area contributed by atoms with E-state index in [9.17, 15) is 4.79 Å². The number of rotatable bonds is 6. The van der Waals surface area contributed by atoms with Gasteiger partial charge in [0.2, 0.25) is 5.91 Å². The maximum Gasteiger partial charge on any atom is 0.223 e. The van der Waals surface area contributed by atoms with Crippen molar-refractivity contribution in [2.75, 3.05) is 19.7 Å². The molecule has 4 heteroatoms. The van der Waals surface area contributed by atoms with Crippen molar-refractivity contribution in [2.24, 2.45) is 5.92 Å². The van der Waals surface area contributed by atoms with Crippen LogP contribution >= 0.6 is 0 Å². The molecule has 22 heavy (non-hydrogen) atoms. The van der Waals surface area contributed by atoms with E-state index >= 15 is 0 Å². The SMILES string of the molecule is CCOc1cccc(CN2CCC(C(=O)NC(C)C)CC2)c1. The van der Waals surface area contributed by atoms with Gasteiger partial charge in [0.15, 0.2) is 0 Å². The minimum Gasteiger partial charge on any atom is -0.494 e. The molecule has 4 nitrogen and oxygen atoms in total. The van der Waals surface area contributed by atoms with Gasteiger partial charge in [-0.15, -0.1) is 0 Å². The van der Waals surface area contributed by atoms with Crippen molar-refractivity contribution in [3.05, 3.63) is 29.8 Å². The van der Waals surface area contributed by atoms with Crippen LogP contribution in [-0.2, 0) is 11.3 Å². The average molecular weight is 304 g/mol. The van der Waals surface area contributed by atoms with Gasteiger partial charge in [-0.2, -0.15) is 0 Å². The standard InChI is InChI=1S/C18H28N2O2/c1-4-22-17-7-5-6-15(12-17)13-20-10-8-16(9-11-20)18(21)19-14(2)3/h5-7,12,14,16H,4,8-11,13H2,1-3H3,(H,19,21). The first-order valence-electron chi connectivity index (χ1n) is 8.33. The molecule has 0 radical (unpaired) electrons. The Kier molecular flexibility index (Phi) is 6.25. The van der Waals surface area contributed by atoms with E-state index in [4.69, 9.17) is 4.74 Å². The number of nitrogens with one attached hydrogen (secondary N) is 1. The van der Waals surface area contributed by atoms with Crippen LogP contribution < -0.4 is 10.1 Å². The van der Waals surface area contributed by atoms with Crippen LogP contribution in [0.3, 0.4) is 0 Å². The van der Waals surface area contributed by atoms with Gasteiger partial charge in [-0.05, 0) is 64.4 Å². The topological polar surface area (TPSA) is 41.6 Å². The van der Waals surface area contributed by atoms with Gasteiger partial charge in [-0.1, -0.05) is 12.1 Å². The number of likely N-dealkylation sites (tertiary alicyclic amines) is 1. The fourth-order valence-electron chi connectivity index (χ4n) is 2.91. The van der Waals surface area contributed by atoms with Crippen molar-refractivity contribution in [1.29, 1.82) is 0 Å². The number of hydrogen-bond donors (Lipinski definition) is 1. The van der Waals surface area contributed by atoms with Crippen LogP contribution in [0.1, 0.15) is 39.2 Å². The summed E-state index contributed by atoms with van der Waals surface area (Å²) < 4.78 is 5.55. The number of hydrogen-bond acceptors (Lipinski definition) is 3. The van der Waals surface area contributed by atoms with E-state index in [2.05, 4.69) is 22.3 Å². The molecule has 1 saturated heterocycles. The lowest BCUT2D eigenvalue weighted by Gasteiger charge is -2.31. The summed E-state index contributed by atoms with van der Waals surface area (Å²) in [4.78, 5) is 14.5. The molecular weight excluding hydrogens is 276 g/mol. The normalized spacial score (nSPS) is 16.7. The summed E-state index contributed by atoms with van der Waals surface area (Å²) >= 11 is 0. The Bertz CT molecular complexity index is 480. The number of ether oxygens (including phenoxy) is 1. The predicted octanol–water partition coefficient (Wildman–Crippen LogP) is 2.82. The fourth-order valence-corrected chi connectivity index (χ4v) is 2.91. The Morgan fingerprint density at radius 2 is 2.09 bits per heavy atom. The third-order valence-corrected chi connectivity index (χ3v) is 4.00. The van der Waals surface area contributed by atoms with Crippen molar-refractivity contribution in [1.82, 2.24) is 10.2 Å². The molecule has 0 unspecified atom stereocenters. The van der Waals surface area contributed by atoms with Crippen LogP contribution in [0.25, 0.3) is 0 Å². The van der Waals surface area contributed by atoms with Crippen LogP contribution in [0.4, 0.5) is 0 Å². The van der Waals surface area contributed by atoms with Gasteiger partial charge in [-0.3, -0.25) is 9.69 Å². The zero-order chi connectivity index (χ0) is 15.9. The lowest BCUT2D eigenvalue weighted by molar-refractivity contribution is -0.127. The molecule has 1 aliphatic rings. The Balaban J connectivity index is 1.82. The largest absolute Gasteiger partial charge is 0.494 e. The second-order valence-corrected chi connectivity index (χ2v) is 6.29. The van der Waals surface area contributed by atoms with Gasteiger partial charge in [0.1, 0.15) is 5.75 Å². The minimum absolute atomic E-state index is 0.174. The zero-order valence-corrected chi connectivity index (χ0v) is 14.0. The molecule has 1 fully saturated rings. The monoisotopic (exact) mass is 304 g/mol. The summed E-state index contributed by atoms with van der Waals surface area (Å²) in [5, 5.41) is 3.02. The second-order valence-electron chi connectivity index (χ2n) is 6.29. The van der Waals surface area contributed by atoms with Crippen molar-refractivity contribution in [3.63, 3.8) is 0 Å². The average Bonchev–Trinajstić information content (AvgIpc) is 2.48. The molecule has 1 amide bonds. The van der Waals surface area contributed by atoms with E-state index in [1.165, 1.54) is 5.56 Å². The van der Waals surface area contributed by atoms with Crippen molar-refractivity contribution >= 4 is 5.91 Å². The lowest BCUT2D eigenvalue weighted by atomic mass is 9.95. The first kappa shape index (κ1) is 16.8. The summed E-state index contributed by atoms with van der Waals surface area (Å²) in [5.41, 5.74) is 1.27. The van der Waals surface area contributed by atoms with Gasteiger partial charge < -0.3 is 10.1 Å². The molecule has 1 heterocycles. The smallest absolute Gasteiger partial charge is 0.223 e. The van der Waals surface area contributed by atoms with Gasteiger partial charge in [0, 0.05) is 18.5 Å². The fraction of sp³-hybridized carbons (Fsp3) is 0.611. The zero-order valence-electron chi connectivity index (χ0n) is 14.0. The highest BCUT2D eigenvalue weighted by atomic mass is 16.5. The number of carbonyl (C=O) groups excluding carboxylic acids is 1. The van der Waals surface area contributed by atoms with Crippen LogP contribution in [0.5, 0.6) is 5.75 Å². The Morgan fingerprint density at radius 1 is 1.36 bits per heavy atom. The molecule has 1 aromatic carbocycles. The summed E-state index contributed by atoms with van der Waals surface area (Å²) in [5.74, 6) is 1.33. The van der Waals surface area contributed by atoms with Gasteiger partial charge >= 0.3 is 0 Å². The van der Waals surface area contributed by atoms with Crippen molar-refractivity contribution in [2.45, 2.75) is 46.2 Å². The van der Waals surface area contributed by atoms with E-state index in [0.29, 0.717) is 6.61 Å². The number of carbonyl (C=O) groups is 1. The maximum absolute atomic E-state index is 12.0. The van der Waals surface area contributed by atoms with E-state index in [1.54, 1.807) is 0 Å². The molecule has 0 saturated carbocycles. The molecule has 0 bridgehead atoms. The highest BCUT2D eigenvalue weighted by molar-refractivity contribution is 5.78. The van der Waals surface area contributed by atoms with E-state index < -0.39 is 0 Å². The molecule has 0 atom stereocenters. The quantitative estimate of drug-likeness (QED) is 0.878. The molecule has 0 aromatic heterocycles. The summed E-state index contributed by atoms with van der Waals surface area (Å²) in [7, 11) is 0. The molecular formula is C18H28N2O2. The van der Waals surface area contributed by atoms with Crippen LogP contribution in [0.2, 0.25) is 0 Å². The van der Waals surface area contributed by atoms with E-state index in [0.717, 1.165) is 38.2 Å². The molecule has 0 aliphatic carbocycles. The Labute approximate surface area is 133 Å². The Hall–Kier alpha value is -1.55. The second kappa shape index (κ2) is 8.18.